The summed E-state index contributed by atoms with van der Waals surface area (Å²) in [6, 6.07) is 7.77. The first-order valence-corrected chi connectivity index (χ1v) is 13.4. The van der Waals surface area contributed by atoms with Crippen molar-refractivity contribution in [2.45, 2.75) is 25.9 Å². The molecule has 2 aliphatic heterocycles. The van der Waals surface area contributed by atoms with Crippen molar-refractivity contribution in [3.05, 3.63) is 34.7 Å². The highest BCUT2D eigenvalue weighted by molar-refractivity contribution is 7.18. The lowest BCUT2D eigenvalue weighted by molar-refractivity contribution is -0.137. The van der Waals surface area contributed by atoms with E-state index in [0.29, 0.717) is 43.4 Å². The van der Waals surface area contributed by atoms with Gasteiger partial charge >= 0.3 is 0 Å². The van der Waals surface area contributed by atoms with Crippen molar-refractivity contribution >= 4 is 45.2 Å². The molecular formula is C26H34N8O2S. The molecule has 2 fully saturated rings. The van der Waals surface area contributed by atoms with Crippen molar-refractivity contribution in [1.29, 1.82) is 5.41 Å². The van der Waals surface area contributed by atoms with Crippen molar-refractivity contribution in [2.24, 2.45) is 5.73 Å². The Morgan fingerprint density at radius 2 is 1.89 bits per heavy atom. The number of ether oxygens (including phenoxy) is 1. The van der Waals surface area contributed by atoms with Gasteiger partial charge in [-0.1, -0.05) is 12.1 Å². The first kappa shape index (κ1) is 25.5. The van der Waals surface area contributed by atoms with Crippen LogP contribution in [0.5, 0.6) is 0 Å². The molecule has 2 aromatic heterocycles. The van der Waals surface area contributed by atoms with Crippen LogP contribution in [-0.4, -0.2) is 89.9 Å². The Labute approximate surface area is 220 Å². The normalized spacial score (nSPS) is 17.4. The van der Waals surface area contributed by atoms with E-state index < -0.39 is 5.54 Å². The third kappa shape index (κ3) is 5.30. The Bertz CT molecular complexity index is 1300. The number of carbonyl (C=O) groups excluding carboxylic acids is 1. The van der Waals surface area contributed by atoms with Crippen LogP contribution in [0, 0.1) is 5.41 Å². The van der Waals surface area contributed by atoms with E-state index in [4.69, 9.17) is 31.6 Å². The number of aromatic nitrogens is 2. The number of nitrogens with two attached hydrogens (primary N) is 2. The molecule has 0 bridgehead atoms. The zero-order valence-electron chi connectivity index (χ0n) is 21.4. The Morgan fingerprint density at radius 1 is 1.16 bits per heavy atom. The first-order chi connectivity index (χ1) is 17.7. The Morgan fingerprint density at radius 3 is 2.57 bits per heavy atom. The molecule has 3 aromatic rings. The number of nitrogen functional groups attached to an aromatic ring is 1. The molecule has 1 aromatic carbocycles. The minimum atomic E-state index is -0.846. The second kappa shape index (κ2) is 10.3. The van der Waals surface area contributed by atoms with Gasteiger partial charge in [0.05, 0.1) is 24.1 Å². The van der Waals surface area contributed by atoms with E-state index in [1.807, 2.05) is 17.0 Å². The van der Waals surface area contributed by atoms with Gasteiger partial charge in [0.2, 0.25) is 5.91 Å². The number of nitrogens with zero attached hydrogens (tertiary/aromatic N) is 5. The number of morpholine rings is 1. The fourth-order valence-corrected chi connectivity index (χ4v) is 5.91. The summed E-state index contributed by atoms with van der Waals surface area (Å²) >= 11 is 1.67. The van der Waals surface area contributed by atoms with Crippen LogP contribution in [0.15, 0.2) is 24.3 Å². The number of benzene rings is 1. The zero-order valence-corrected chi connectivity index (χ0v) is 22.2. The molecule has 11 heteroatoms. The summed E-state index contributed by atoms with van der Waals surface area (Å²) in [6.45, 7) is 10.1. The van der Waals surface area contributed by atoms with Crippen LogP contribution in [0.2, 0.25) is 0 Å². The summed E-state index contributed by atoms with van der Waals surface area (Å²) in [6.07, 6.45) is 1.27. The van der Waals surface area contributed by atoms with E-state index in [9.17, 15) is 4.79 Å². The Balaban J connectivity index is 1.44. The van der Waals surface area contributed by atoms with Crippen molar-refractivity contribution in [3.8, 4) is 11.4 Å². The van der Waals surface area contributed by atoms with Gasteiger partial charge in [-0.05, 0) is 26.0 Å². The van der Waals surface area contributed by atoms with Crippen molar-refractivity contribution in [1.82, 2.24) is 19.8 Å². The average molecular weight is 523 g/mol. The minimum Gasteiger partial charge on any atom is -0.398 e. The second-order valence-electron chi connectivity index (χ2n) is 10.1. The number of hydrogen-bond donors (Lipinski definition) is 3. The van der Waals surface area contributed by atoms with Crippen molar-refractivity contribution < 1.29 is 9.53 Å². The average Bonchev–Trinajstić information content (AvgIpc) is 3.30. The molecule has 5 rings (SSSR count). The predicted octanol–water partition coefficient (Wildman–Crippen LogP) is 2.16. The summed E-state index contributed by atoms with van der Waals surface area (Å²) in [5.41, 5.74) is 13.2. The van der Waals surface area contributed by atoms with E-state index in [-0.39, 0.29) is 5.91 Å². The molecule has 2 saturated heterocycles. The largest absolute Gasteiger partial charge is 0.398 e. The standard InChI is InChI=1S/C26H34N8O2S/c1-26(2,29)25(35)34-8-6-32(7-9-34)16-17-14-19-23(33-10-12-36-13-11-33)30-22(31-24(19)37-17)18-4-3-5-21(28)20(18)15-27/h3-5,14-15,27H,6-13,16,28-29H2,1-2H3. The highest BCUT2D eigenvalue weighted by atomic mass is 32.1. The fraction of sp³-hybridized carbons (Fsp3) is 0.462. The first-order valence-electron chi connectivity index (χ1n) is 12.6. The lowest BCUT2D eigenvalue weighted by Gasteiger charge is -2.37. The molecule has 4 heterocycles. The van der Waals surface area contributed by atoms with E-state index in [2.05, 4.69) is 15.9 Å². The summed E-state index contributed by atoms with van der Waals surface area (Å²) < 4.78 is 5.58. The second-order valence-corrected chi connectivity index (χ2v) is 11.3. The maximum Gasteiger partial charge on any atom is 0.242 e. The third-order valence-corrected chi connectivity index (χ3v) is 7.86. The molecule has 0 radical (unpaired) electrons. The molecular weight excluding hydrogens is 488 g/mol. The van der Waals surface area contributed by atoms with Gasteiger partial charge in [0, 0.05) is 73.7 Å². The van der Waals surface area contributed by atoms with Crippen LogP contribution in [-0.2, 0) is 16.1 Å². The molecule has 10 nitrogen and oxygen atoms in total. The van der Waals surface area contributed by atoms with Gasteiger partial charge < -0.3 is 31.4 Å². The third-order valence-electron chi connectivity index (χ3n) is 6.85. The number of anilines is 2. The molecule has 0 spiro atoms. The topological polar surface area (TPSA) is 138 Å². The predicted molar refractivity (Wildman–Crippen MR) is 148 cm³/mol. The Kier molecular flexibility index (Phi) is 7.13. The van der Waals surface area contributed by atoms with Gasteiger partial charge in [0.25, 0.3) is 0 Å². The summed E-state index contributed by atoms with van der Waals surface area (Å²) in [7, 11) is 0. The van der Waals surface area contributed by atoms with Crippen LogP contribution in [0.3, 0.4) is 0 Å². The fourth-order valence-electron chi connectivity index (χ4n) is 4.85. The highest BCUT2D eigenvalue weighted by Gasteiger charge is 2.30. The van der Waals surface area contributed by atoms with Gasteiger partial charge in [-0.2, -0.15) is 0 Å². The number of fused-ring (bicyclic) bond motifs is 1. The smallest absolute Gasteiger partial charge is 0.242 e. The van der Waals surface area contributed by atoms with Gasteiger partial charge in [-0.15, -0.1) is 11.3 Å². The number of amides is 1. The van der Waals surface area contributed by atoms with Crippen LogP contribution < -0.4 is 16.4 Å². The number of rotatable bonds is 6. The number of thiophene rings is 1. The van der Waals surface area contributed by atoms with E-state index in [1.54, 1.807) is 31.3 Å². The van der Waals surface area contributed by atoms with Crippen LogP contribution in [0.1, 0.15) is 24.3 Å². The summed E-state index contributed by atoms with van der Waals surface area (Å²) in [5.74, 6) is 1.47. The molecule has 5 N–H and O–H groups in total. The maximum atomic E-state index is 12.5. The molecule has 0 atom stereocenters. The molecule has 1 amide bonds. The van der Waals surface area contributed by atoms with Crippen LogP contribution >= 0.6 is 11.3 Å². The minimum absolute atomic E-state index is 0.00203. The van der Waals surface area contributed by atoms with Gasteiger partial charge in [-0.3, -0.25) is 9.69 Å². The quantitative estimate of drug-likeness (QED) is 0.331. The number of hydrogen-bond acceptors (Lipinski definition) is 10. The van der Waals surface area contributed by atoms with E-state index in [0.717, 1.165) is 54.3 Å². The summed E-state index contributed by atoms with van der Waals surface area (Å²) in [5, 5.41) is 8.92. The highest BCUT2D eigenvalue weighted by Crippen LogP contribution is 2.35. The summed E-state index contributed by atoms with van der Waals surface area (Å²) in [4.78, 5) is 31.1. The monoisotopic (exact) mass is 522 g/mol. The lowest BCUT2D eigenvalue weighted by atomic mass is 10.0. The lowest BCUT2D eigenvalue weighted by Crippen LogP contribution is -2.56. The van der Waals surface area contributed by atoms with Crippen molar-refractivity contribution in [3.63, 3.8) is 0 Å². The van der Waals surface area contributed by atoms with Crippen LogP contribution in [0.25, 0.3) is 21.6 Å². The van der Waals surface area contributed by atoms with Crippen molar-refractivity contribution in [2.75, 3.05) is 63.1 Å². The molecule has 0 saturated carbocycles. The SMILES string of the molecule is CC(C)(N)C(=O)N1CCN(Cc2cc3c(N4CCOCC4)nc(-c4cccc(N)c4C=N)nc3s2)CC1. The van der Waals surface area contributed by atoms with Gasteiger partial charge in [0.1, 0.15) is 10.6 Å². The Hall–Kier alpha value is -3.12. The number of carbonyl (C=O) groups is 1. The maximum absolute atomic E-state index is 12.5. The molecule has 0 unspecified atom stereocenters. The van der Waals surface area contributed by atoms with E-state index in [1.165, 1.54) is 11.1 Å². The number of piperazine rings is 1. The van der Waals surface area contributed by atoms with E-state index >= 15 is 0 Å². The van der Waals surface area contributed by atoms with Gasteiger partial charge in [-0.25, -0.2) is 9.97 Å². The molecule has 37 heavy (non-hydrogen) atoms. The number of nitrogens with one attached hydrogen (secondary N) is 1. The van der Waals surface area contributed by atoms with Crippen LogP contribution in [0.4, 0.5) is 11.5 Å². The molecule has 2 aliphatic rings. The molecule has 0 aliphatic carbocycles. The van der Waals surface area contributed by atoms with Gasteiger partial charge in [0.15, 0.2) is 5.82 Å². The molecule has 196 valence electrons. The zero-order chi connectivity index (χ0) is 26.2.